The summed E-state index contributed by atoms with van der Waals surface area (Å²) in [4.78, 5) is 1.98. The molecule has 0 radical (unpaired) electrons. The van der Waals surface area contributed by atoms with Crippen LogP contribution >= 0.6 is 0 Å². The molecule has 0 spiro atoms. The molecule has 19 heavy (non-hydrogen) atoms. The lowest BCUT2D eigenvalue weighted by atomic mass is 10.00. The van der Waals surface area contributed by atoms with Crippen LogP contribution in [0.15, 0.2) is 36.4 Å². The SMILES string of the molecule is Cc1ccc(CN2C[C@H](O)[C@@H](F)C2)c2ccccc12. The van der Waals surface area contributed by atoms with E-state index in [9.17, 15) is 9.50 Å². The maximum absolute atomic E-state index is 13.4. The topological polar surface area (TPSA) is 23.5 Å². The molecule has 1 aliphatic rings. The molecule has 1 N–H and O–H groups in total. The number of β-amino-alcohol motifs (C(OH)–C–C–N with tert-alkyl or cyclic N) is 1. The maximum Gasteiger partial charge on any atom is 0.140 e. The van der Waals surface area contributed by atoms with Crippen molar-refractivity contribution >= 4 is 10.8 Å². The number of halogens is 1. The van der Waals surface area contributed by atoms with E-state index in [0.717, 1.165) is 0 Å². The van der Waals surface area contributed by atoms with Crippen LogP contribution in [0.2, 0.25) is 0 Å². The standard InChI is InChI=1S/C16H18FNO/c1-11-6-7-12(14-5-3-2-4-13(11)14)8-18-9-15(17)16(19)10-18/h2-7,15-16,19H,8-10H2,1H3/t15-,16-/m0/s1. The minimum Gasteiger partial charge on any atom is -0.389 e. The summed E-state index contributed by atoms with van der Waals surface area (Å²) in [6.07, 6.45) is -1.95. The van der Waals surface area contributed by atoms with Crippen LogP contribution in [0, 0.1) is 6.92 Å². The summed E-state index contributed by atoms with van der Waals surface area (Å²) in [7, 11) is 0. The molecule has 0 amide bonds. The van der Waals surface area contributed by atoms with Gasteiger partial charge in [0.15, 0.2) is 0 Å². The van der Waals surface area contributed by atoms with E-state index in [4.69, 9.17) is 0 Å². The van der Waals surface area contributed by atoms with Crippen molar-refractivity contribution in [1.82, 2.24) is 4.90 Å². The van der Waals surface area contributed by atoms with Crippen molar-refractivity contribution in [2.45, 2.75) is 25.7 Å². The van der Waals surface area contributed by atoms with E-state index in [-0.39, 0.29) is 0 Å². The lowest BCUT2D eigenvalue weighted by molar-refractivity contribution is 0.115. The number of likely N-dealkylation sites (tertiary alicyclic amines) is 1. The van der Waals surface area contributed by atoms with Gasteiger partial charge in [0.1, 0.15) is 6.17 Å². The zero-order valence-corrected chi connectivity index (χ0v) is 11.0. The fourth-order valence-electron chi connectivity index (χ4n) is 2.84. The van der Waals surface area contributed by atoms with Gasteiger partial charge in [0.25, 0.3) is 0 Å². The van der Waals surface area contributed by atoms with Crippen LogP contribution in [0.25, 0.3) is 10.8 Å². The number of rotatable bonds is 2. The van der Waals surface area contributed by atoms with Gasteiger partial charge in [-0.1, -0.05) is 36.4 Å². The first-order valence-corrected chi connectivity index (χ1v) is 6.67. The second-order valence-corrected chi connectivity index (χ2v) is 5.36. The molecular weight excluding hydrogens is 241 g/mol. The van der Waals surface area contributed by atoms with Crippen molar-refractivity contribution in [2.75, 3.05) is 13.1 Å². The molecular formula is C16H18FNO. The largest absolute Gasteiger partial charge is 0.389 e. The zero-order chi connectivity index (χ0) is 13.4. The minimum atomic E-state index is -1.11. The van der Waals surface area contributed by atoms with Crippen LogP contribution in [0.5, 0.6) is 0 Å². The van der Waals surface area contributed by atoms with E-state index in [1.165, 1.54) is 21.9 Å². The van der Waals surface area contributed by atoms with Crippen molar-refractivity contribution in [1.29, 1.82) is 0 Å². The summed E-state index contributed by atoms with van der Waals surface area (Å²) >= 11 is 0. The van der Waals surface area contributed by atoms with Gasteiger partial charge in [0, 0.05) is 19.6 Å². The summed E-state index contributed by atoms with van der Waals surface area (Å²) in [5.74, 6) is 0. The number of fused-ring (bicyclic) bond motifs is 1. The van der Waals surface area contributed by atoms with E-state index >= 15 is 0 Å². The highest BCUT2D eigenvalue weighted by atomic mass is 19.1. The molecule has 1 saturated heterocycles. The summed E-state index contributed by atoms with van der Waals surface area (Å²) in [5.41, 5.74) is 2.45. The first-order valence-electron chi connectivity index (χ1n) is 6.67. The number of benzene rings is 2. The monoisotopic (exact) mass is 259 g/mol. The minimum absolute atomic E-state index is 0.323. The van der Waals surface area contributed by atoms with Crippen LogP contribution in [-0.2, 0) is 6.54 Å². The lowest BCUT2D eigenvalue weighted by Crippen LogP contribution is -2.21. The van der Waals surface area contributed by atoms with Crippen LogP contribution < -0.4 is 0 Å². The number of hydrogen-bond acceptors (Lipinski definition) is 2. The number of nitrogens with zero attached hydrogens (tertiary/aromatic N) is 1. The third kappa shape index (κ3) is 2.36. The van der Waals surface area contributed by atoms with Crippen LogP contribution in [0.1, 0.15) is 11.1 Å². The first kappa shape index (κ1) is 12.6. The molecule has 3 heteroatoms. The molecule has 0 unspecified atom stereocenters. The highest BCUT2D eigenvalue weighted by Gasteiger charge is 2.31. The van der Waals surface area contributed by atoms with Crippen molar-refractivity contribution in [3.8, 4) is 0 Å². The Morgan fingerprint density at radius 1 is 1.16 bits per heavy atom. The smallest absolute Gasteiger partial charge is 0.140 e. The van der Waals surface area contributed by atoms with Gasteiger partial charge < -0.3 is 5.11 Å². The van der Waals surface area contributed by atoms with E-state index in [1.807, 2.05) is 17.0 Å². The molecule has 100 valence electrons. The van der Waals surface area contributed by atoms with Crippen LogP contribution in [-0.4, -0.2) is 35.4 Å². The maximum atomic E-state index is 13.4. The molecule has 2 aromatic carbocycles. The average Bonchev–Trinajstić information content (AvgIpc) is 2.72. The molecule has 0 saturated carbocycles. The van der Waals surface area contributed by atoms with Gasteiger partial charge in [-0.2, -0.15) is 0 Å². The van der Waals surface area contributed by atoms with E-state index in [1.54, 1.807) is 0 Å². The van der Waals surface area contributed by atoms with Gasteiger partial charge in [-0.25, -0.2) is 4.39 Å². The third-order valence-electron chi connectivity index (χ3n) is 3.92. The Bertz CT molecular complexity index is 588. The Morgan fingerprint density at radius 2 is 1.89 bits per heavy atom. The Balaban J connectivity index is 1.92. The molecule has 1 fully saturated rings. The van der Waals surface area contributed by atoms with E-state index < -0.39 is 12.3 Å². The van der Waals surface area contributed by atoms with E-state index in [2.05, 4.69) is 31.2 Å². The molecule has 0 aliphatic carbocycles. The first-order chi connectivity index (χ1) is 9.15. The fourth-order valence-corrected chi connectivity index (χ4v) is 2.84. The van der Waals surface area contributed by atoms with E-state index in [0.29, 0.717) is 19.6 Å². The number of hydrogen-bond donors (Lipinski definition) is 1. The zero-order valence-electron chi connectivity index (χ0n) is 11.0. The van der Waals surface area contributed by atoms with Crippen molar-refractivity contribution in [3.63, 3.8) is 0 Å². The quantitative estimate of drug-likeness (QED) is 0.896. The number of aliphatic hydroxyl groups is 1. The fraction of sp³-hybridized carbons (Fsp3) is 0.375. The second-order valence-electron chi connectivity index (χ2n) is 5.36. The van der Waals surface area contributed by atoms with Gasteiger partial charge in [0.2, 0.25) is 0 Å². The molecule has 0 aromatic heterocycles. The van der Waals surface area contributed by atoms with Crippen molar-refractivity contribution in [3.05, 3.63) is 47.5 Å². The predicted molar refractivity (Wildman–Crippen MR) is 74.9 cm³/mol. The van der Waals surface area contributed by atoms with Crippen molar-refractivity contribution < 1.29 is 9.50 Å². The third-order valence-corrected chi connectivity index (χ3v) is 3.92. The normalized spacial score (nSPS) is 24.2. The molecule has 0 bridgehead atoms. The van der Waals surface area contributed by atoms with Gasteiger partial charge >= 0.3 is 0 Å². The summed E-state index contributed by atoms with van der Waals surface area (Å²) in [6.45, 7) is 3.54. The number of aryl methyl sites for hydroxylation is 1. The second kappa shape index (κ2) is 4.91. The molecule has 1 aliphatic heterocycles. The lowest BCUT2D eigenvalue weighted by Gasteiger charge is -2.17. The molecule has 2 atom stereocenters. The summed E-state index contributed by atoms with van der Waals surface area (Å²) in [6, 6.07) is 12.5. The van der Waals surface area contributed by atoms with Crippen LogP contribution in [0.4, 0.5) is 4.39 Å². The summed E-state index contributed by atoms with van der Waals surface area (Å²) < 4.78 is 13.4. The van der Waals surface area contributed by atoms with Gasteiger partial charge in [-0.05, 0) is 28.8 Å². The Morgan fingerprint density at radius 3 is 2.58 bits per heavy atom. The van der Waals surface area contributed by atoms with Gasteiger partial charge in [0.05, 0.1) is 6.10 Å². The number of aliphatic hydroxyl groups excluding tert-OH is 1. The molecule has 2 aromatic rings. The predicted octanol–water partition coefficient (Wildman–Crippen LogP) is 2.66. The average molecular weight is 259 g/mol. The molecule has 3 rings (SSSR count). The van der Waals surface area contributed by atoms with Gasteiger partial charge in [-0.15, -0.1) is 0 Å². The Kier molecular flexibility index (Phi) is 3.25. The van der Waals surface area contributed by atoms with Crippen LogP contribution in [0.3, 0.4) is 0 Å². The molecule has 2 nitrogen and oxygen atoms in total. The number of alkyl halides is 1. The highest BCUT2D eigenvalue weighted by Crippen LogP contribution is 2.25. The van der Waals surface area contributed by atoms with Gasteiger partial charge in [-0.3, -0.25) is 4.90 Å². The molecule has 1 heterocycles. The summed E-state index contributed by atoms with van der Waals surface area (Å²) in [5, 5.41) is 12.0. The Hall–Kier alpha value is -1.45. The highest BCUT2D eigenvalue weighted by molar-refractivity contribution is 5.88. The van der Waals surface area contributed by atoms with Crippen molar-refractivity contribution in [2.24, 2.45) is 0 Å². The Labute approximate surface area is 112 Å².